The van der Waals surface area contributed by atoms with E-state index in [4.69, 9.17) is 0 Å². The Kier molecular flexibility index (Phi) is 6.72. The molecule has 0 unspecified atom stereocenters. The zero-order valence-electron chi connectivity index (χ0n) is 17.8. The number of hydrogen-bond acceptors (Lipinski definition) is 4. The monoisotopic (exact) mass is 453 g/mol. The predicted molar refractivity (Wildman–Crippen MR) is 124 cm³/mol. The summed E-state index contributed by atoms with van der Waals surface area (Å²) in [4.78, 5) is 28.5. The van der Waals surface area contributed by atoms with Crippen LogP contribution < -0.4 is 10.3 Å². The topological polar surface area (TPSA) is 99.3 Å². The number of H-pyrrole nitrogens is 1. The van der Waals surface area contributed by atoms with E-state index in [1.807, 2.05) is 23.1 Å². The first kappa shape index (κ1) is 22.2. The first-order valence-corrected chi connectivity index (χ1v) is 12.3. The van der Waals surface area contributed by atoms with Gasteiger partial charge in [0.25, 0.3) is 0 Å². The summed E-state index contributed by atoms with van der Waals surface area (Å²) < 4.78 is 27.7. The summed E-state index contributed by atoms with van der Waals surface area (Å²) in [6, 6.07) is 17.8. The van der Waals surface area contributed by atoms with Crippen molar-refractivity contribution in [2.45, 2.75) is 30.6 Å². The number of likely N-dealkylation sites (tertiary alicyclic amines) is 1. The number of rotatable bonds is 7. The summed E-state index contributed by atoms with van der Waals surface area (Å²) in [5.74, 6) is 0.546. The van der Waals surface area contributed by atoms with Crippen LogP contribution >= 0.6 is 0 Å². The Morgan fingerprint density at radius 1 is 1.03 bits per heavy atom. The Balaban J connectivity index is 1.26. The second kappa shape index (κ2) is 9.67. The Bertz CT molecular complexity index is 1250. The summed E-state index contributed by atoms with van der Waals surface area (Å²) in [7, 11) is -3.74. The van der Waals surface area contributed by atoms with Crippen LogP contribution in [0.2, 0.25) is 0 Å². The van der Waals surface area contributed by atoms with E-state index in [-0.39, 0.29) is 29.3 Å². The van der Waals surface area contributed by atoms with Gasteiger partial charge in [0.2, 0.25) is 21.5 Å². The van der Waals surface area contributed by atoms with Crippen LogP contribution in [0.25, 0.3) is 10.9 Å². The van der Waals surface area contributed by atoms with Crippen molar-refractivity contribution >= 4 is 26.8 Å². The van der Waals surface area contributed by atoms with Gasteiger partial charge in [-0.3, -0.25) is 9.59 Å². The van der Waals surface area contributed by atoms with E-state index in [0.29, 0.717) is 29.9 Å². The lowest BCUT2D eigenvalue weighted by molar-refractivity contribution is -0.132. The van der Waals surface area contributed by atoms with Crippen molar-refractivity contribution in [1.29, 1.82) is 0 Å². The van der Waals surface area contributed by atoms with Crippen molar-refractivity contribution in [3.05, 3.63) is 76.6 Å². The first-order valence-electron chi connectivity index (χ1n) is 10.9. The number of carbonyl (C=O) groups is 1. The second-order valence-electron chi connectivity index (χ2n) is 8.23. The molecule has 1 aliphatic rings. The number of nitrogens with one attached hydrogen (secondary N) is 2. The van der Waals surface area contributed by atoms with Gasteiger partial charge in [0.1, 0.15) is 0 Å². The molecule has 0 atom stereocenters. The number of piperidine rings is 1. The molecule has 1 aromatic heterocycles. The molecule has 0 bridgehead atoms. The fourth-order valence-corrected chi connectivity index (χ4v) is 5.23. The minimum atomic E-state index is -3.74. The minimum Gasteiger partial charge on any atom is -0.343 e. The van der Waals surface area contributed by atoms with Gasteiger partial charge in [-0.2, -0.15) is 0 Å². The van der Waals surface area contributed by atoms with E-state index in [1.165, 1.54) is 23.8 Å². The molecule has 1 aliphatic heterocycles. The smallest absolute Gasteiger partial charge is 0.248 e. The molecule has 1 fully saturated rings. The average Bonchev–Trinajstić information content (AvgIpc) is 2.79. The lowest BCUT2D eigenvalue weighted by Crippen LogP contribution is -2.40. The van der Waals surface area contributed by atoms with Crippen LogP contribution in [0.1, 0.15) is 24.8 Å². The zero-order chi connectivity index (χ0) is 22.6. The Labute approximate surface area is 187 Å². The van der Waals surface area contributed by atoms with Crippen LogP contribution in [0.4, 0.5) is 0 Å². The molecule has 2 heterocycles. The molecule has 4 rings (SSSR count). The summed E-state index contributed by atoms with van der Waals surface area (Å²) in [6.45, 7) is 1.48. The van der Waals surface area contributed by atoms with Crippen LogP contribution in [-0.2, 0) is 21.2 Å². The zero-order valence-corrected chi connectivity index (χ0v) is 18.6. The molecule has 0 spiro atoms. The van der Waals surface area contributed by atoms with Crippen molar-refractivity contribution in [3.8, 4) is 0 Å². The SMILES string of the molecule is O=C(CCNS(=O)(=O)c1ccc2[nH]c(=O)ccc2c1)N1CCC(Cc2ccccc2)CC1. The van der Waals surface area contributed by atoms with Gasteiger partial charge in [0, 0.05) is 37.6 Å². The number of hydrogen-bond donors (Lipinski definition) is 2. The van der Waals surface area contributed by atoms with Gasteiger partial charge in [-0.05, 0) is 60.4 Å². The first-order chi connectivity index (χ1) is 15.4. The number of amides is 1. The number of aromatic amines is 1. The number of pyridine rings is 1. The number of benzene rings is 2. The number of nitrogens with zero attached hydrogens (tertiary/aromatic N) is 1. The van der Waals surface area contributed by atoms with Gasteiger partial charge in [-0.1, -0.05) is 30.3 Å². The van der Waals surface area contributed by atoms with Crippen LogP contribution in [0.3, 0.4) is 0 Å². The molecule has 2 N–H and O–H groups in total. The van der Waals surface area contributed by atoms with Crippen molar-refractivity contribution in [2.75, 3.05) is 19.6 Å². The molecule has 1 amide bonds. The molecule has 32 heavy (non-hydrogen) atoms. The Morgan fingerprint density at radius 3 is 2.53 bits per heavy atom. The quantitative estimate of drug-likeness (QED) is 0.575. The average molecular weight is 454 g/mol. The highest BCUT2D eigenvalue weighted by atomic mass is 32.2. The summed E-state index contributed by atoms with van der Waals surface area (Å²) in [6.07, 6.45) is 3.09. The van der Waals surface area contributed by atoms with Crippen molar-refractivity contribution in [1.82, 2.24) is 14.6 Å². The summed E-state index contributed by atoms with van der Waals surface area (Å²) >= 11 is 0. The second-order valence-corrected chi connectivity index (χ2v) is 10.0. The molecule has 8 heteroatoms. The van der Waals surface area contributed by atoms with Gasteiger partial charge in [0.15, 0.2) is 0 Å². The fraction of sp³-hybridized carbons (Fsp3) is 0.333. The van der Waals surface area contributed by atoms with Crippen LogP contribution in [-0.4, -0.2) is 43.8 Å². The lowest BCUT2D eigenvalue weighted by atomic mass is 9.90. The highest BCUT2D eigenvalue weighted by Gasteiger charge is 2.23. The molecule has 7 nitrogen and oxygen atoms in total. The van der Waals surface area contributed by atoms with Crippen LogP contribution in [0.5, 0.6) is 0 Å². The van der Waals surface area contributed by atoms with Gasteiger partial charge in [-0.25, -0.2) is 13.1 Å². The van der Waals surface area contributed by atoms with Crippen molar-refractivity contribution in [3.63, 3.8) is 0 Å². The molecule has 3 aromatic rings. The van der Waals surface area contributed by atoms with Crippen molar-refractivity contribution in [2.24, 2.45) is 5.92 Å². The molecular formula is C24H27N3O4S. The highest BCUT2D eigenvalue weighted by Crippen LogP contribution is 2.22. The number of fused-ring (bicyclic) bond motifs is 1. The summed E-state index contributed by atoms with van der Waals surface area (Å²) in [5, 5.41) is 0.627. The highest BCUT2D eigenvalue weighted by molar-refractivity contribution is 7.89. The minimum absolute atomic E-state index is 0.0260. The number of aromatic nitrogens is 1. The largest absolute Gasteiger partial charge is 0.343 e. The molecule has 2 aromatic carbocycles. The van der Waals surface area contributed by atoms with Crippen LogP contribution in [0, 0.1) is 5.92 Å². The number of carbonyl (C=O) groups excluding carboxylic acids is 1. The third-order valence-corrected chi connectivity index (χ3v) is 7.43. The molecule has 168 valence electrons. The van der Waals surface area contributed by atoms with E-state index in [1.54, 1.807) is 12.1 Å². The van der Waals surface area contributed by atoms with E-state index >= 15 is 0 Å². The maximum Gasteiger partial charge on any atom is 0.248 e. The molecule has 1 saturated heterocycles. The van der Waals surface area contributed by atoms with E-state index in [0.717, 1.165) is 19.3 Å². The Hall–Kier alpha value is -2.97. The van der Waals surface area contributed by atoms with Gasteiger partial charge >= 0.3 is 0 Å². The van der Waals surface area contributed by atoms with Crippen LogP contribution in [0.15, 0.2) is 70.4 Å². The third-order valence-electron chi connectivity index (χ3n) is 5.97. The fourth-order valence-electron chi connectivity index (χ4n) is 4.17. The maximum atomic E-state index is 12.6. The van der Waals surface area contributed by atoms with Gasteiger partial charge in [-0.15, -0.1) is 0 Å². The predicted octanol–water partition coefficient (Wildman–Crippen LogP) is 2.68. The van der Waals surface area contributed by atoms with Gasteiger partial charge < -0.3 is 9.88 Å². The lowest BCUT2D eigenvalue weighted by Gasteiger charge is -2.32. The number of sulfonamides is 1. The molecule has 0 radical (unpaired) electrons. The summed E-state index contributed by atoms with van der Waals surface area (Å²) in [5.41, 5.74) is 1.66. The van der Waals surface area contributed by atoms with E-state index < -0.39 is 10.0 Å². The van der Waals surface area contributed by atoms with Gasteiger partial charge in [0.05, 0.1) is 4.90 Å². The molecule has 0 aliphatic carbocycles. The molecule has 0 saturated carbocycles. The Morgan fingerprint density at radius 2 is 1.78 bits per heavy atom. The van der Waals surface area contributed by atoms with E-state index in [2.05, 4.69) is 21.8 Å². The maximum absolute atomic E-state index is 12.6. The molecular weight excluding hydrogens is 426 g/mol. The standard InChI is InChI=1S/C24H27N3O4S/c28-23-9-6-20-17-21(7-8-22(20)26-23)32(30,31)25-13-10-24(29)27-14-11-19(12-15-27)16-18-4-2-1-3-5-18/h1-9,17,19,25H,10-16H2,(H,26,28). The van der Waals surface area contributed by atoms with Crippen molar-refractivity contribution < 1.29 is 13.2 Å². The third kappa shape index (κ3) is 5.44. The van der Waals surface area contributed by atoms with E-state index in [9.17, 15) is 18.0 Å². The normalized spacial score (nSPS) is 15.2.